The van der Waals surface area contributed by atoms with E-state index < -0.39 is 0 Å². The number of aryl methyl sites for hydroxylation is 2. The van der Waals surface area contributed by atoms with Gasteiger partial charge in [0.15, 0.2) is 5.82 Å². The summed E-state index contributed by atoms with van der Waals surface area (Å²) in [7, 11) is 0. The molecule has 0 aliphatic rings. The van der Waals surface area contributed by atoms with Crippen molar-refractivity contribution in [2.75, 3.05) is 0 Å². The van der Waals surface area contributed by atoms with Crippen LogP contribution in [0.5, 0.6) is 0 Å². The van der Waals surface area contributed by atoms with E-state index in [1.54, 1.807) is 6.26 Å². The Morgan fingerprint density at radius 1 is 1.17 bits per heavy atom. The number of aromatic nitrogens is 5. The summed E-state index contributed by atoms with van der Waals surface area (Å²) in [5, 5.41) is 13.9. The molecule has 0 saturated carbocycles. The molecule has 0 bridgehead atoms. The van der Waals surface area contributed by atoms with Gasteiger partial charge >= 0.3 is 0 Å². The summed E-state index contributed by atoms with van der Waals surface area (Å²) >= 11 is 0. The Morgan fingerprint density at radius 2 is 1.97 bits per heavy atom. The summed E-state index contributed by atoms with van der Waals surface area (Å²) in [6.45, 7) is 13.7. The molecule has 0 fully saturated rings. The Bertz CT molecular complexity index is 1340. The molecule has 1 N–H and O–H groups in total. The lowest BCUT2D eigenvalue weighted by atomic mass is 10.0. The van der Waals surface area contributed by atoms with Crippen LogP contribution in [0, 0.1) is 13.8 Å². The van der Waals surface area contributed by atoms with Gasteiger partial charge < -0.3 is 9.40 Å². The van der Waals surface area contributed by atoms with Crippen molar-refractivity contribution < 1.29 is 4.42 Å². The summed E-state index contributed by atoms with van der Waals surface area (Å²) in [4.78, 5) is 18.6. The molecule has 4 aromatic rings. The van der Waals surface area contributed by atoms with Gasteiger partial charge in [-0.15, -0.1) is 5.10 Å². The van der Waals surface area contributed by atoms with Crippen LogP contribution in [-0.2, 0) is 18.6 Å². The summed E-state index contributed by atoms with van der Waals surface area (Å²) in [5.41, 5.74) is 3.55. The van der Waals surface area contributed by atoms with Gasteiger partial charge in [0.1, 0.15) is 5.76 Å². The number of hydrogen-bond donors (Lipinski definition) is 1. The molecule has 1 aromatic carbocycles. The Kier molecular flexibility index (Phi) is 7.21. The highest BCUT2D eigenvalue weighted by molar-refractivity contribution is 5.82. The molecule has 186 valence electrons. The second-order valence-electron chi connectivity index (χ2n) is 10.1. The molecule has 3 heterocycles. The van der Waals surface area contributed by atoms with Crippen molar-refractivity contribution in [1.29, 1.82) is 0 Å². The van der Waals surface area contributed by atoms with Gasteiger partial charge in [-0.2, -0.15) is 0 Å². The lowest BCUT2D eigenvalue weighted by Gasteiger charge is -2.33. The predicted molar refractivity (Wildman–Crippen MR) is 137 cm³/mol. The van der Waals surface area contributed by atoms with Crippen LogP contribution in [0.15, 0.2) is 45.8 Å². The zero-order chi connectivity index (χ0) is 25.2. The van der Waals surface area contributed by atoms with Crippen molar-refractivity contribution in [3.05, 3.63) is 75.2 Å². The zero-order valence-electron chi connectivity index (χ0n) is 21.6. The lowest BCUT2D eigenvalue weighted by molar-refractivity contribution is 0.135. The number of hydrogen-bond acceptors (Lipinski definition) is 6. The molecule has 4 rings (SSSR count). The molecule has 0 radical (unpaired) electrons. The van der Waals surface area contributed by atoms with Crippen molar-refractivity contribution >= 4 is 10.9 Å². The first-order valence-electron chi connectivity index (χ1n) is 12.4. The summed E-state index contributed by atoms with van der Waals surface area (Å²) in [6.07, 6.45) is 4.38. The van der Waals surface area contributed by atoms with E-state index in [0.717, 1.165) is 47.3 Å². The van der Waals surface area contributed by atoms with E-state index in [0.29, 0.717) is 18.7 Å². The average Bonchev–Trinajstić information content (AvgIpc) is 3.51. The van der Waals surface area contributed by atoms with Gasteiger partial charge in [-0.05, 0) is 86.2 Å². The minimum atomic E-state index is -0.226. The highest BCUT2D eigenvalue weighted by atomic mass is 16.3. The second-order valence-corrected chi connectivity index (χ2v) is 10.1. The Morgan fingerprint density at radius 3 is 2.66 bits per heavy atom. The largest absolute Gasteiger partial charge is 0.468 e. The van der Waals surface area contributed by atoms with E-state index in [1.807, 2.05) is 29.8 Å². The Hall–Kier alpha value is -3.26. The van der Waals surface area contributed by atoms with Crippen molar-refractivity contribution in [3.63, 3.8) is 0 Å². The molecular formula is C27H36N6O2. The molecule has 0 aliphatic carbocycles. The Balaban J connectivity index is 1.79. The SMILES string of the molecule is CCC[C@H](c1nnnn1C(C)(C)CC)N(Cc1ccco1)Cc1cc2cc(C)cc(C)c2[nH]c1=O. The fourth-order valence-electron chi connectivity index (χ4n) is 4.68. The maximum atomic E-state index is 13.2. The van der Waals surface area contributed by atoms with Crippen molar-refractivity contribution in [2.24, 2.45) is 0 Å². The van der Waals surface area contributed by atoms with Gasteiger partial charge in [-0.3, -0.25) is 9.69 Å². The molecule has 0 unspecified atom stereocenters. The Labute approximate surface area is 206 Å². The number of H-pyrrole nitrogens is 1. The van der Waals surface area contributed by atoms with E-state index in [-0.39, 0.29) is 17.1 Å². The number of furan rings is 1. The van der Waals surface area contributed by atoms with Crippen molar-refractivity contribution in [2.45, 2.75) is 85.5 Å². The minimum Gasteiger partial charge on any atom is -0.468 e. The maximum Gasteiger partial charge on any atom is 0.252 e. The van der Waals surface area contributed by atoms with E-state index in [1.165, 1.54) is 5.56 Å². The molecule has 8 nitrogen and oxygen atoms in total. The van der Waals surface area contributed by atoms with E-state index in [4.69, 9.17) is 4.42 Å². The smallest absolute Gasteiger partial charge is 0.252 e. The third kappa shape index (κ3) is 5.22. The third-order valence-electron chi connectivity index (χ3n) is 6.92. The molecule has 0 spiro atoms. The van der Waals surface area contributed by atoms with Crippen LogP contribution in [0.3, 0.4) is 0 Å². The van der Waals surface area contributed by atoms with Gasteiger partial charge in [0.25, 0.3) is 5.56 Å². The van der Waals surface area contributed by atoms with Crippen LogP contribution in [0.2, 0.25) is 0 Å². The van der Waals surface area contributed by atoms with Gasteiger partial charge in [-0.1, -0.05) is 31.9 Å². The van der Waals surface area contributed by atoms with Crippen LogP contribution in [0.25, 0.3) is 10.9 Å². The molecule has 0 amide bonds. The first-order chi connectivity index (χ1) is 16.7. The number of tetrazole rings is 1. The quantitative estimate of drug-likeness (QED) is 0.329. The molecule has 3 aromatic heterocycles. The first kappa shape index (κ1) is 24.9. The van der Waals surface area contributed by atoms with E-state index >= 15 is 0 Å². The van der Waals surface area contributed by atoms with E-state index in [2.05, 4.69) is 72.2 Å². The number of pyridine rings is 1. The molecule has 0 aliphatic heterocycles. The zero-order valence-corrected chi connectivity index (χ0v) is 21.6. The van der Waals surface area contributed by atoms with Crippen LogP contribution in [0.4, 0.5) is 0 Å². The second kappa shape index (κ2) is 10.2. The highest BCUT2D eigenvalue weighted by Crippen LogP contribution is 2.31. The number of rotatable bonds is 10. The van der Waals surface area contributed by atoms with Crippen molar-refractivity contribution in [3.8, 4) is 0 Å². The standard InChI is InChI=1S/C27H36N6O2/c1-7-10-23(25-29-30-31-33(25)27(5,6)8-2)32(17-22-11-9-12-35-22)16-21-15-20-14-18(3)13-19(4)24(20)28-26(21)34/h9,11-15,23H,7-8,10,16-17H2,1-6H3,(H,28,34)/t23-/m1/s1. The monoisotopic (exact) mass is 476 g/mol. The fraction of sp³-hybridized carbons (Fsp3) is 0.481. The summed E-state index contributed by atoms with van der Waals surface area (Å²) in [6, 6.07) is 10.00. The number of nitrogens with one attached hydrogen (secondary N) is 1. The average molecular weight is 477 g/mol. The molecule has 35 heavy (non-hydrogen) atoms. The topological polar surface area (TPSA) is 92.8 Å². The molecular weight excluding hydrogens is 440 g/mol. The lowest BCUT2D eigenvalue weighted by Crippen LogP contribution is -2.36. The molecule has 0 saturated heterocycles. The molecule has 8 heteroatoms. The summed E-state index contributed by atoms with van der Waals surface area (Å²) < 4.78 is 7.66. The van der Waals surface area contributed by atoms with Crippen LogP contribution >= 0.6 is 0 Å². The van der Waals surface area contributed by atoms with Crippen molar-refractivity contribution in [1.82, 2.24) is 30.1 Å². The van der Waals surface area contributed by atoms with Crippen LogP contribution in [0.1, 0.15) is 81.3 Å². The first-order valence-corrected chi connectivity index (χ1v) is 12.4. The van der Waals surface area contributed by atoms with Gasteiger partial charge in [-0.25, -0.2) is 4.68 Å². The van der Waals surface area contributed by atoms with E-state index in [9.17, 15) is 4.79 Å². The van der Waals surface area contributed by atoms with Crippen LogP contribution < -0.4 is 5.56 Å². The predicted octanol–water partition coefficient (Wildman–Crippen LogP) is 5.41. The van der Waals surface area contributed by atoms with Gasteiger partial charge in [0.2, 0.25) is 0 Å². The van der Waals surface area contributed by atoms with Crippen LogP contribution in [-0.4, -0.2) is 30.1 Å². The third-order valence-corrected chi connectivity index (χ3v) is 6.92. The number of aromatic amines is 1. The fourth-order valence-corrected chi connectivity index (χ4v) is 4.68. The summed E-state index contributed by atoms with van der Waals surface area (Å²) in [5.74, 6) is 1.65. The van der Waals surface area contributed by atoms with Gasteiger partial charge in [0, 0.05) is 12.1 Å². The molecule has 1 atom stereocenters. The number of nitrogens with zero attached hydrogens (tertiary/aromatic N) is 5. The normalized spacial score (nSPS) is 13.1. The van der Waals surface area contributed by atoms with Gasteiger partial charge in [0.05, 0.1) is 29.9 Å². The number of fused-ring (bicyclic) bond motifs is 1. The number of benzene rings is 1. The minimum absolute atomic E-state index is 0.0716. The maximum absolute atomic E-state index is 13.2. The highest BCUT2D eigenvalue weighted by Gasteiger charge is 2.32.